The minimum Gasteiger partial charge on any atom is -0.508 e. The maximum absolute atomic E-state index is 12.1. The van der Waals surface area contributed by atoms with E-state index in [1.54, 1.807) is 17.8 Å². The van der Waals surface area contributed by atoms with Gasteiger partial charge in [0, 0.05) is 5.56 Å². The van der Waals surface area contributed by atoms with Crippen molar-refractivity contribution < 1.29 is 9.90 Å². The Bertz CT molecular complexity index is 525. The topological polar surface area (TPSA) is 49.3 Å². The molecule has 1 heterocycles. The summed E-state index contributed by atoms with van der Waals surface area (Å²) < 4.78 is 0. The summed E-state index contributed by atoms with van der Waals surface area (Å²) in [5.41, 5.74) is 3.15. The molecule has 0 radical (unpaired) electrons. The molecule has 3 nitrogen and oxygen atoms in total. The zero-order valence-corrected chi connectivity index (χ0v) is 13.5. The van der Waals surface area contributed by atoms with Crippen LogP contribution < -0.4 is 5.32 Å². The Balaban J connectivity index is 2.59. The number of thioether (sulfide) groups is 1. The molecule has 2 unspecified atom stereocenters. The van der Waals surface area contributed by atoms with E-state index in [0.717, 1.165) is 16.7 Å². The maximum Gasteiger partial charge on any atom is 0.238 e. The lowest BCUT2D eigenvalue weighted by Crippen LogP contribution is -2.23. The van der Waals surface area contributed by atoms with Gasteiger partial charge >= 0.3 is 0 Å². The Morgan fingerprint density at radius 2 is 1.75 bits per heavy atom. The average molecular weight is 293 g/mol. The van der Waals surface area contributed by atoms with Gasteiger partial charge in [-0.2, -0.15) is 0 Å². The third kappa shape index (κ3) is 2.66. The lowest BCUT2D eigenvalue weighted by Gasteiger charge is -2.23. The standard InChI is InChI=1S/C16H23NO2S/c1-8(2)13-11(15-16(19)17-10(5)20-15)6-7-12(18)14(13)9(3)4/h6-10,15,18H,1-5H3,(H,17,19). The number of rotatable bonds is 3. The van der Waals surface area contributed by atoms with Gasteiger partial charge in [-0.15, -0.1) is 11.8 Å². The van der Waals surface area contributed by atoms with Gasteiger partial charge in [0.05, 0.1) is 5.37 Å². The first-order valence-electron chi connectivity index (χ1n) is 7.14. The SMILES string of the molecule is CC1NC(=O)C(c2ccc(O)c(C(C)C)c2C(C)C)S1. The van der Waals surface area contributed by atoms with E-state index in [1.807, 2.05) is 13.0 Å². The van der Waals surface area contributed by atoms with Crippen molar-refractivity contribution in [2.75, 3.05) is 0 Å². The van der Waals surface area contributed by atoms with Crippen LogP contribution in [0.1, 0.15) is 68.4 Å². The normalized spacial score (nSPS) is 22.6. The molecule has 1 aromatic carbocycles. The Morgan fingerprint density at radius 3 is 2.20 bits per heavy atom. The van der Waals surface area contributed by atoms with E-state index >= 15 is 0 Å². The molecule has 0 aromatic heterocycles. The van der Waals surface area contributed by atoms with Crippen LogP contribution in [0.15, 0.2) is 12.1 Å². The van der Waals surface area contributed by atoms with Crippen LogP contribution in [-0.4, -0.2) is 16.4 Å². The molecule has 4 heteroatoms. The summed E-state index contributed by atoms with van der Waals surface area (Å²) in [7, 11) is 0. The van der Waals surface area contributed by atoms with Crippen LogP contribution in [0.3, 0.4) is 0 Å². The monoisotopic (exact) mass is 293 g/mol. The summed E-state index contributed by atoms with van der Waals surface area (Å²) in [6.07, 6.45) is 0. The minimum atomic E-state index is -0.166. The summed E-state index contributed by atoms with van der Waals surface area (Å²) in [6.45, 7) is 10.4. The summed E-state index contributed by atoms with van der Waals surface area (Å²) in [5.74, 6) is 0.923. The number of nitrogens with one attached hydrogen (secondary N) is 1. The van der Waals surface area contributed by atoms with E-state index < -0.39 is 0 Å². The van der Waals surface area contributed by atoms with Crippen molar-refractivity contribution in [1.29, 1.82) is 0 Å². The summed E-state index contributed by atoms with van der Waals surface area (Å²) in [6, 6.07) is 3.64. The van der Waals surface area contributed by atoms with Gasteiger partial charge in [-0.05, 0) is 36.0 Å². The molecule has 2 atom stereocenters. The zero-order chi connectivity index (χ0) is 15.0. The van der Waals surface area contributed by atoms with Gasteiger partial charge in [-0.1, -0.05) is 33.8 Å². The number of phenolic OH excluding ortho intramolecular Hbond substituents is 1. The molecule has 0 bridgehead atoms. The second kappa shape index (κ2) is 5.68. The van der Waals surface area contributed by atoms with Gasteiger partial charge in [0.2, 0.25) is 5.91 Å². The molecule has 1 fully saturated rings. The van der Waals surface area contributed by atoms with E-state index in [1.165, 1.54) is 0 Å². The third-order valence-corrected chi connectivity index (χ3v) is 4.93. The van der Waals surface area contributed by atoms with Crippen molar-refractivity contribution >= 4 is 17.7 Å². The fraction of sp³-hybridized carbons (Fsp3) is 0.562. The van der Waals surface area contributed by atoms with E-state index in [0.29, 0.717) is 5.75 Å². The number of hydrogen-bond acceptors (Lipinski definition) is 3. The number of hydrogen-bond donors (Lipinski definition) is 2. The number of benzene rings is 1. The van der Waals surface area contributed by atoms with E-state index in [9.17, 15) is 9.90 Å². The second-order valence-corrected chi connectivity index (χ2v) is 7.43. The minimum absolute atomic E-state index is 0.0739. The smallest absolute Gasteiger partial charge is 0.238 e. The summed E-state index contributed by atoms with van der Waals surface area (Å²) in [5, 5.41) is 13.1. The number of phenols is 1. The fourth-order valence-electron chi connectivity index (χ4n) is 2.91. The van der Waals surface area contributed by atoms with E-state index in [4.69, 9.17) is 0 Å². The van der Waals surface area contributed by atoms with Gasteiger partial charge < -0.3 is 10.4 Å². The molecule has 1 aliphatic heterocycles. The highest BCUT2D eigenvalue weighted by atomic mass is 32.2. The van der Waals surface area contributed by atoms with Crippen molar-refractivity contribution in [2.45, 2.75) is 57.1 Å². The zero-order valence-electron chi connectivity index (χ0n) is 12.7. The molecule has 0 aliphatic carbocycles. The second-order valence-electron chi connectivity index (χ2n) is 5.98. The molecule has 1 aliphatic rings. The maximum atomic E-state index is 12.1. The Labute approximate surface area is 125 Å². The average Bonchev–Trinajstić information content (AvgIpc) is 2.67. The van der Waals surface area contributed by atoms with Crippen LogP contribution >= 0.6 is 11.8 Å². The van der Waals surface area contributed by atoms with Crippen LogP contribution in [0.25, 0.3) is 0 Å². The third-order valence-electron chi connectivity index (χ3n) is 3.66. The molecule has 0 saturated carbocycles. The number of aromatic hydroxyl groups is 1. The molecule has 1 saturated heterocycles. The molecule has 2 rings (SSSR count). The Morgan fingerprint density at radius 1 is 1.15 bits per heavy atom. The Hall–Kier alpha value is -1.16. The molecule has 1 amide bonds. The molecule has 2 N–H and O–H groups in total. The number of amides is 1. The molecule has 20 heavy (non-hydrogen) atoms. The van der Waals surface area contributed by atoms with Crippen molar-refractivity contribution in [3.8, 4) is 5.75 Å². The Kier molecular flexibility index (Phi) is 4.33. The molecular formula is C16H23NO2S. The van der Waals surface area contributed by atoms with Crippen molar-refractivity contribution in [2.24, 2.45) is 0 Å². The van der Waals surface area contributed by atoms with E-state index in [-0.39, 0.29) is 28.4 Å². The lowest BCUT2D eigenvalue weighted by atomic mass is 9.85. The van der Waals surface area contributed by atoms with Crippen molar-refractivity contribution in [3.63, 3.8) is 0 Å². The first-order valence-corrected chi connectivity index (χ1v) is 8.08. The summed E-state index contributed by atoms with van der Waals surface area (Å²) >= 11 is 1.64. The number of carbonyl (C=O) groups excluding carboxylic acids is 1. The van der Waals surface area contributed by atoms with E-state index in [2.05, 4.69) is 33.0 Å². The van der Waals surface area contributed by atoms with Crippen molar-refractivity contribution in [1.82, 2.24) is 5.32 Å². The first kappa shape index (κ1) is 15.2. The highest BCUT2D eigenvalue weighted by Gasteiger charge is 2.34. The molecular weight excluding hydrogens is 270 g/mol. The largest absolute Gasteiger partial charge is 0.508 e. The lowest BCUT2D eigenvalue weighted by molar-refractivity contribution is -0.120. The van der Waals surface area contributed by atoms with Gasteiger partial charge in [-0.3, -0.25) is 4.79 Å². The van der Waals surface area contributed by atoms with Gasteiger partial charge in [0.1, 0.15) is 11.0 Å². The van der Waals surface area contributed by atoms with Crippen LogP contribution in [0, 0.1) is 0 Å². The predicted octanol–water partition coefficient (Wildman–Crippen LogP) is 3.89. The highest BCUT2D eigenvalue weighted by Crippen LogP contribution is 2.44. The van der Waals surface area contributed by atoms with Crippen LogP contribution in [0.4, 0.5) is 0 Å². The number of carbonyl (C=O) groups is 1. The van der Waals surface area contributed by atoms with Crippen LogP contribution in [-0.2, 0) is 4.79 Å². The van der Waals surface area contributed by atoms with Crippen molar-refractivity contribution in [3.05, 3.63) is 28.8 Å². The summed E-state index contributed by atoms with van der Waals surface area (Å²) in [4.78, 5) is 12.1. The quantitative estimate of drug-likeness (QED) is 0.889. The predicted molar refractivity (Wildman–Crippen MR) is 84.2 cm³/mol. The molecule has 0 spiro atoms. The first-order chi connectivity index (χ1) is 9.32. The molecule has 110 valence electrons. The van der Waals surface area contributed by atoms with Crippen LogP contribution in [0.5, 0.6) is 5.75 Å². The van der Waals surface area contributed by atoms with Crippen LogP contribution in [0.2, 0.25) is 0 Å². The van der Waals surface area contributed by atoms with Gasteiger partial charge in [0.25, 0.3) is 0 Å². The van der Waals surface area contributed by atoms with Gasteiger partial charge in [-0.25, -0.2) is 0 Å². The molecule has 1 aromatic rings. The highest BCUT2D eigenvalue weighted by molar-refractivity contribution is 8.01. The fourth-order valence-corrected chi connectivity index (χ4v) is 4.05. The van der Waals surface area contributed by atoms with Gasteiger partial charge in [0.15, 0.2) is 0 Å².